The van der Waals surface area contributed by atoms with Crippen molar-refractivity contribution < 1.29 is 0 Å². The molecule has 1 radical (unpaired) electrons. The minimum absolute atomic E-state index is 1.00. The lowest BCUT2D eigenvalue weighted by molar-refractivity contribution is 0.0997. The molecular formula is C17H20N3. The van der Waals surface area contributed by atoms with E-state index in [1.54, 1.807) is 0 Å². The van der Waals surface area contributed by atoms with E-state index in [1.165, 1.54) is 5.56 Å². The van der Waals surface area contributed by atoms with Crippen LogP contribution in [0.3, 0.4) is 0 Å². The number of piperazine rings is 1. The standard InChI is InChI=1S/C17H20N3/c1-3-7-16(8-4-1)15-19-11-13-20(14-12-19)18-17-9-5-2-6-10-17/h1-10H,11-15H2. The highest BCUT2D eigenvalue weighted by Crippen LogP contribution is 2.11. The molecule has 3 nitrogen and oxygen atoms in total. The first-order chi connectivity index (χ1) is 9.90. The average Bonchev–Trinajstić information content (AvgIpc) is 2.51. The third-order valence-corrected chi connectivity index (χ3v) is 3.61. The number of benzene rings is 2. The van der Waals surface area contributed by atoms with Crippen molar-refractivity contribution in [3.05, 3.63) is 66.2 Å². The number of nitrogens with zero attached hydrogens (tertiary/aromatic N) is 3. The Morgan fingerprint density at radius 2 is 1.35 bits per heavy atom. The molecule has 1 aliphatic rings. The van der Waals surface area contributed by atoms with Gasteiger partial charge in [-0.2, -0.15) is 10.4 Å². The zero-order chi connectivity index (χ0) is 13.6. The first-order valence-electron chi connectivity index (χ1n) is 7.18. The quantitative estimate of drug-likeness (QED) is 0.848. The molecule has 0 N–H and O–H groups in total. The summed E-state index contributed by atoms with van der Waals surface area (Å²) in [5, 5.41) is 2.18. The summed E-state index contributed by atoms with van der Waals surface area (Å²) in [6.07, 6.45) is 0. The molecule has 0 bridgehead atoms. The second kappa shape index (κ2) is 6.55. The molecule has 0 atom stereocenters. The predicted octanol–water partition coefficient (Wildman–Crippen LogP) is 2.66. The van der Waals surface area contributed by atoms with Crippen LogP contribution in [-0.4, -0.2) is 36.1 Å². The summed E-state index contributed by atoms with van der Waals surface area (Å²) in [4.78, 5) is 2.49. The highest BCUT2D eigenvalue weighted by molar-refractivity contribution is 5.34. The Labute approximate surface area is 120 Å². The van der Waals surface area contributed by atoms with E-state index < -0.39 is 0 Å². The smallest absolute Gasteiger partial charge is 0.0776 e. The Balaban J connectivity index is 1.47. The lowest BCUT2D eigenvalue weighted by atomic mass is 10.2. The summed E-state index contributed by atoms with van der Waals surface area (Å²) < 4.78 is 0. The Kier molecular flexibility index (Phi) is 4.31. The first kappa shape index (κ1) is 13.2. The van der Waals surface area contributed by atoms with E-state index in [2.05, 4.69) is 57.8 Å². The first-order valence-corrected chi connectivity index (χ1v) is 7.18. The Hall–Kier alpha value is -1.84. The van der Waals surface area contributed by atoms with E-state index in [0.29, 0.717) is 0 Å². The van der Waals surface area contributed by atoms with E-state index in [-0.39, 0.29) is 0 Å². The van der Waals surface area contributed by atoms with Crippen molar-refractivity contribution in [3.8, 4) is 0 Å². The molecule has 1 saturated heterocycles. The molecule has 103 valence electrons. The van der Waals surface area contributed by atoms with Crippen LogP contribution in [0.4, 0.5) is 5.69 Å². The van der Waals surface area contributed by atoms with Gasteiger partial charge in [0.25, 0.3) is 0 Å². The number of hydrogen-bond donors (Lipinski definition) is 0. The molecule has 20 heavy (non-hydrogen) atoms. The van der Waals surface area contributed by atoms with E-state index in [0.717, 1.165) is 38.4 Å². The van der Waals surface area contributed by atoms with Crippen LogP contribution in [0.25, 0.3) is 0 Å². The largest absolute Gasteiger partial charge is 0.296 e. The normalized spacial score (nSPS) is 17.0. The van der Waals surface area contributed by atoms with Crippen molar-refractivity contribution in [3.63, 3.8) is 0 Å². The zero-order valence-electron chi connectivity index (χ0n) is 11.7. The monoisotopic (exact) mass is 266 g/mol. The van der Waals surface area contributed by atoms with Gasteiger partial charge in [-0.05, 0) is 17.7 Å². The van der Waals surface area contributed by atoms with Gasteiger partial charge in [0.2, 0.25) is 0 Å². The van der Waals surface area contributed by atoms with Crippen LogP contribution < -0.4 is 5.43 Å². The van der Waals surface area contributed by atoms with Crippen molar-refractivity contribution in [2.24, 2.45) is 0 Å². The van der Waals surface area contributed by atoms with Gasteiger partial charge in [-0.25, -0.2) is 0 Å². The summed E-state index contributed by atoms with van der Waals surface area (Å²) in [5.74, 6) is 0. The van der Waals surface area contributed by atoms with Crippen molar-refractivity contribution >= 4 is 5.69 Å². The van der Waals surface area contributed by atoms with Gasteiger partial charge < -0.3 is 0 Å². The minimum Gasteiger partial charge on any atom is -0.296 e. The molecule has 0 spiro atoms. The van der Waals surface area contributed by atoms with Gasteiger partial charge in [0.1, 0.15) is 0 Å². The molecule has 0 unspecified atom stereocenters. The number of hydrogen-bond acceptors (Lipinski definition) is 2. The fraction of sp³-hybridized carbons (Fsp3) is 0.294. The van der Waals surface area contributed by atoms with Crippen molar-refractivity contribution in [1.29, 1.82) is 0 Å². The fourth-order valence-electron chi connectivity index (χ4n) is 2.50. The zero-order valence-corrected chi connectivity index (χ0v) is 11.7. The molecule has 1 heterocycles. The molecule has 0 saturated carbocycles. The molecule has 3 rings (SSSR count). The number of rotatable bonds is 4. The van der Waals surface area contributed by atoms with Gasteiger partial charge in [0.05, 0.1) is 5.69 Å². The van der Waals surface area contributed by atoms with Crippen LogP contribution in [0.15, 0.2) is 60.7 Å². The van der Waals surface area contributed by atoms with E-state index in [1.807, 2.05) is 18.2 Å². The lowest BCUT2D eigenvalue weighted by Gasteiger charge is -2.33. The van der Waals surface area contributed by atoms with Crippen LogP contribution in [0.2, 0.25) is 0 Å². The molecule has 0 aromatic heterocycles. The molecular weight excluding hydrogens is 246 g/mol. The summed E-state index contributed by atoms with van der Waals surface area (Å²) in [6.45, 7) is 5.19. The minimum atomic E-state index is 1.00. The van der Waals surface area contributed by atoms with Gasteiger partial charge in [0, 0.05) is 32.7 Å². The summed E-state index contributed by atoms with van der Waals surface area (Å²) in [6, 6.07) is 20.9. The maximum atomic E-state index is 4.67. The Morgan fingerprint density at radius 1 is 0.750 bits per heavy atom. The third kappa shape index (κ3) is 3.59. The van der Waals surface area contributed by atoms with E-state index in [9.17, 15) is 0 Å². The van der Waals surface area contributed by atoms with Crippen molar-refractivity contribution in [1.82, 2.24) is 15.3 Å². The maximum Gasteiger partial charge on any atom is 0.0776 e. The van der Waals surface area contributed by atoms with Crippen LogP contribution >= 0.6 is 0 Å². The molecule has 0 aliphatic carbocycles. The summed E-state index contributed by atoms with van der Waals surface area (Å²) in [7, 11) is 0. The summed E-state index contributed by atoms with van der Waals surface area (Å²) >= 11 is 0. The van der Waals surface area contributed by atoms with Gasteiger partial charge in [-0.1, -0.05) is 48.5 Å². The van der Waals surface area contributed by atoms with Crippen LogP contribution in [0, 0.1) is 0 Å². The van der Waals surface area contributed by atoms with Gasteiger partial charge >= 0.3 is 0 Å². The van der Waals surface area contributed by atoms with E-state index >= 15 is 0 Å². The Bertz CT molecular complexity index is 455. The third-order valence-electron chi connectivity index (χ3n) is 3.61. The SMILES string of the molecule is c1ccc(CN2CCN([N]c3ccccc3)CC2)cc1. The van der Waals surface area contributed by atoms with Crippen molar-refractivity contribution in [2.75, 3.05) is 26.2 Å². The highest BCUT2D eigenvalue weighted by atomic mass is 15.5. The molecule has 3 heteroatoms. The van der Waals surface area contributed by atoms with E-state index in [4.69, 9.17) is 0 Å². The summed E-state index contributed by atoms with van der Waals surface area (Å²) in [5.41, 5.74) is 7.10. The molecule has 1 fully saturated rings. The lowest BCUT2D eigenvalue weighted by Crippen LogP contribution is -2.47. The second-order valence-corrected chi connectivity index (χ2v) is 5.15. The highest BCUT2D eigenvalue weighted by Gasteiger charge is 2.17. The van der Waals surface area contributed by atoms with Crippen LogP contribution in [0.1, 0.15) is 5.56 Å². The molecule has 2 aromatic rings. The molecule has 2 aromatic carbocycles. The topological polar surface area (TPSA) is 20.6 Å². The fourth-order valence-corrected chi connectivity index (χ4v) is 2.50. The van der Waals surface area contributed by atoms with Gasteiger partial charge in [0.15, 0.2) is 0 Å². The molecule has 0 amide bonds. The molecule has 1 aliphatic heterocycles. The Morgan fingerprint density at radius 3 is 2.00 bits per heavy atom. The average molecular weight is 266 g/mol. The van der Waals surface area contributed by atoms with Crippen molar-refractivity contribution in [2.45, 2.75) is 6.54 Å². The maximum absolute atomic E-state index is 4.67. The van der Waals surface area contributed by atoms with Gasteiger partial charge in [-0.15, -0.1) is 0 Å². The van der Waals surface area contributed by atoms with Crippen LogP contribution in [-0.2, 0) is 6.54 Å². The second-order valence-electron chi connectivity index (χ2n) is 5.15. The predicted molar refractivity (Wildman–Crippen MR) is 81.5 cm³/mol. The van der Waals surface area contributed by atoms with Gasteiger partial charge in [-0.3, -0.25) is 4.90 Å². The van der Waals surface area contributed by atoms with Crippen LogP contribution in [0.5, 0.6) is 0 Å².